The molecule has 0 saturated carbocycles. The molecule has 0 aliphatic carbocycles. The second-order valence-corrected chi connectivity index (χ2v) is 5.44. The minimum atomic E-state index is 0.281. The van der Waals surface area contributed by atoms with Crippen molar-refractivity contribution in [2.24, 2.45) is 0 Å². The van der Waals surface area contributed by atoms with E-state index in [-0.39, 0.29) is 6.61 Å². The molecule has 0 rings (SSSR count). The molecule has 0 radical (unpaired) electrons. The van der Waals surface area contributed by atoms with E-state index in [0.717, 1.165) is 0 Å². The summed E-state index contributed by atoms with van der Waals surface area (Å²) in [6.45, 7) is 6.81. The van der Waals surface area contributed by atoms with E-state index in [9.17, 15) is 0 Å². The molecule has 0 aliphatic heterocycles. The zero-order valence-electron chi connectivity index (χ0n) is 9.92. The van der Waals surface area contributed by atoms with Crippen molar-refractivity contribution in [2.75, 3.05) is 13.7 Å². The van der Waals surface area contributed by atoms with Gasteiger partial charge in [-0.2, -0.15) is 11.8 Å². The summed E-state index contributed by atoms with van der Waals surface area (Å²) in [5, 5.41) is 13.4. The van der Waals surface area contributed by atoms with E-state index >= 15 is 0 Å². The summed E-state index contributed by atoms with van der Waals surface area (Å²) in [6.07, 6.45) is 3.61. The Morgan fingerprint density at radius 1 is 1.36 bits per heavy atom. The molecule has 0 heterocycles. The summed E-state index contributed by atoms with van der Waals surface area (Å²) in [6, 6.07) is 0.587. The topological polar surface area (TPSA) is 32.3 Å². The summed E-state index contributed by atoms with van der Waals surface area (Å²) in [5.41, 5.74) is 0. The van der Waals surface area contributed by atoms with E-state index in [2.05, 4.69) is 26.1 Å². The molecule has 86 valence electrons. The van der Waals surface area contributed by atoms with Crippen LogP contribution in [-0.2, 0) is 0 Å². The third-order valence-corrected chi connectivity index (χ3v) is 4.11. The molecular formula is C11H25NOS. The van der Waals surface area contributed by atoms with Crippen LogP contribution in [0.5, 0.6) is 0 Å². The van der Waals surface area contributed by atoms with Gasteiger partial charge >= 0.3 is 0 Å². The zero-order valence-corrected chi connectivity index (χ0v) is 10.7. The van der Waals surface area contributed by atoms with Gasteiger partial charge in [0, 0.05) is 16.5 Å². The Hall–Kier alpha value is 0.270. The lowest BCUT2D eigenvalue weighted by atomic mass is 10.1. The number of nitrogens with one attached hydrogen (secondary N) is 1. The predicted octanol–water partition coefficient (Wildman–Crippen LogP) is 2.27. The molecule has 0 fully saturated rings. The van der Waals surface area contributed by atoms with Crippen molar-refractivity contribution in [2.45, 2.75) is 56.6 Å². The van der Waals surface area contributed by atoms with Gasteiger partial charge in [-0.05, 0) is 19.9 Å². The number of aliphatic hydroxyl groups is 1. The van der Waals surface area contributed by atoms with Crippen LogP contribution in [0.2, 0.25) is 0 Å². The molecule has 3 heteroatoms. The van der Waals surface area contributed by atoms with Gasteiger partial charge in [-0.15, -0.1) is 0 Å². The lowest BCUT2D eigenvalue weighted by molar-refractivity contribution is 0.299. The fraction of sp³-hybridized carbons (Fsp3) is 1.00. The molecule has 0 aliphatic rings. The minimum Gasteiger partial charge on any atom is -0.395 e. The van der Waals surface area contributed by atoms with Crippen molar-refractivity contribution in [3.8, 4) is 0 Å². The lowest BCUT2D eigenvalue weighted by Gasteiger charge is -2.27. The Morgan fingerprint density at radius 3 is 2.36 bits per heavy atom. The largest absolute Gasteiger partial charge is 0.395 e. The maximum atomic E-state index is 9.02. The van der Waals surface area contributed by atoms with E-state index in [0.29, 0.717) is 16.5 Å². The van der Waals surface area contributed by atoms with Crippen molar-refractivity contribution in [1.29, 1.82) is 0 Å². The Kier molecular flexibility index (Phi) is 8.73. The van der Waals surface area contributed by atoms with Gasteiger partial charge in [0.15, 0.2) is 0 Å². The standard InChI is InChI=1S/C11H25NOS/c1-5-7-10(12-4)11(6-2)14-9(3)8-13/h9-13H,5-8H2,1-4H3. The summed E-state index contributed by atoms with van der Waals surface area (Å²) in [4.78, 5) is 0. The molecule has 0 aromatic rings. The molecule has 3 atom stereocenters. The van der Waals surface area contributed by atoms with Gasteiger partial charge in [0.1, 0.15) is 0 Å². The minimum absolute atomic E-state index is 0.281. The van der Waals surface area contributed by atoms with E-state index < -0.39 is 0 Å². The molecule has 0 aromatic heterocycles. The molecule has 0 amide bonds. The van der Waals surface area contributed by atoms with Crippen molar-refractivity contribution >= 4 is 11.8 Å². The first-order valence-electron chi connectivity index (χ1n) is 5.63. The fourth-order valence-electron chi connectivity index (χ4n) is 1.64. The third-order valence-electron chi connectivity index (χ3n) is 2.49. The van der Waals surface area contributed by atoms with Crippen LogP contribution in [-0.4, -0.2) is 35.3 Å². The Morgan fingerprint density at radius 2 is 2.00 bits per heavy atom. The lowest BCUT2D eigenvalue weighted by Crippen LogP contribution is -2.36. The molecule has 0 bridgehead atoms. The molecule has 0 aromatic carbocycles. The van der Waals surface area contributed by atoms with Gasteiger partial charge in [-0.1, -0.05) is 27.2 Å². The summed E-state index contributed by atoms with van der Waals surface area (Å²) in [7, 11) is 2.03. The Bertz CT molecular complexity index is 132. The highest BCUT2D eigenvalue weighted by atomic mass is 32.2. The van der Waals surface area contributed by atoms with Gasteiger partial charge in [0.05, 0.1) is 6.61 Å². The van der Waals surface area contributed by atoms with Gasteiger partial charge in [-0.3, -0.25) is 0 Å². The normalized spacial score (nSPS) is 17.8. The SMILES string of the molecule is CCCC(NC)C(CC)SC(C)CO. The van der Waals surface area contributed by atoms with Crippen LogP contribution in [0.4, 0.5) is 0 Å². The highest BCUT2D eigenvalue weighted by Gasteiger charge is 2.19. The van der Waals surface area contributed by atoms with E-state index in [4.69, 9.17) is 5.11 Å². The molecule has 2 nitrogen and oxygen atoms in total. The van der Waals surface area contributed by atoms with Crippen LogP contribution in [0.3, 0.4) is 0 Å². The molecule has 3 unspecified atom stereocenters. The van der Waals surface area contributed by atoms with Crippen molar-refractivity contribution in [3.05, 3.63) is 0 Å². The average Bonchev–Trinajstić information content (AvgIpc) is 2.22. The molecule has 2 N–H and O–H groups in total. The van der Waals surface area contributed by atoms with Crippen molar-refractivity contribution in [3.63, 3.8) is 0 Å². The van der Waals surface area contributed by atoms with Gasteiger partial charge in [0.2, 0.25) is 0 Å². The van der Waals surface area contributed by atoms with Crippen LogP contribution in [0.1, 0.15) is 40.0 Å². The van der Waals surface area contributed by atoms with Crippen LogP contribution in [0.15, 0.2) is 0 Å². The van der Waals surface area contributed by atoms with E-state index in [1.165, 1.54) is 19.3 Å². The number of rotatable bonds is 8. The molecule has 0 saturated heterocycles. The highest BCUT2D eigenvalue weighted by molar-refractivity contribution is 8.00. The first kappa shape index (κ1) is 14.3. The van der Waals surface area contributed by atoms with Crippen molar-refractivity contribution in [1.82, 2.24) is 5.32 Å². The van der Waals surface area contributed by atoms with Crippen LogP contribution < -0.4 is 5.32 Å². The molecule has 0 spiro atoms. The van der Waals surface area contributed by atoms with E-state index in [1.54, 1.807) is 0 Å². The maximum Gasteiger partial charge on any atom is 0.0547 e. The second-order valence-electron chi connectivity index (χ2n) is 3.76. The smallest absolute Gasteiger partial charge is 0.0547 e. The summed E-state index contributed by atoms with van der Waals surface area (Å²) in [5.74, 6) is 0. The first-order valence-corrected chi connectivity index (χ1v) is 6.57. The first-order chi connectivity index (χ1) is 6.69. The number of aliphatic hydroxyl groups excluding tert-OH is 1. The molecular weight excluding hydrogens is 194 g/mol. The number of thioether (sulfide) groups is 1. The quantitative estimate of drug-likeness (QED) is 0.657. The number of hydrogen-bond donors (Lipinski definition) is 2. The fourth-order valence-corrected chi connectivity index (χ4v) is 2.98. The monoisotopic (exact) mass is 219 g/mol. The number of hydrogen-bond acceptors (Lipinski definition) is 3. The third kappa shape index (κ3) is 5.23. The highest BCUT2D eigenvalue weighted by Crippen LogP contribution is 2.25. The molecule has 14 heavy (non-hydrogen) atoms. The average molecular weight is 219 g/mol. The van der Waals surface area contributed by atoms with Crippen molar-refractivity contribution < 1.29 is 5.11 Å². The second kappa shape index (κ2) is 8.57. The van der Waals surface area contributed by atoms with E-state index in [1.807, 2.05) is 18.8 Å². The Labute approximate surface area is 92.9 Å². The summed E-state index contributed by atoms with van der Waals surface area (Å²) < 4.78 is 0. The van der Waals surface area contributed by atoms with Gasteiger partial charge < -0.3 is 10.4 Å². The zero-order chi connectivity index (χ0) is 11.0. The van der Waals surface area contributed by atoms with Gasteiger partial charge in [-0.25, -0.2) is 0 Å². The van der Waals surface area contributed by atoms with Crippen LogP contribution in [0, 0.1) is 0 Å². The van der Waals surface area contributed by atoms with Gasteiger partial charge in [0.25, 0.3) is 0 Å². The van der Waals surface area contributed by atoms with Crippen LogP contribution >= 0.6 is 11.8 Å². The Balaban J connectivity index is 4.06. The maximum absolute atomic E-state index is 9.02. The summed E-state index contributed by atoms with van der Waals surface area (Å²) >= 11 is 1.90. The van der Waals surface area contributed by atoms with Crippen LogP contribution in [0.25, 0.3) is 0 Å². The predicted molar refractivity (Wildman–Crippen MR) is 66.0 cm³/mol.